The Labute approximate surface area is 73.7 Å². The van der Waals surface area contributed by atoms with Crippen LogP contribution in [0.5, 0.6) is 0 Å². The van der Waals surface area contributed by atoms with Gasteiger partial charge in [-0.05, 0) is 26.0 Å². The summed E-state index contributed by atoms with van der Waals surface area (Å²) >= 11 is 0. The van der Waals surface area contributed by atoms with Gasteiger partial charge in [0.25, 0.3) is 0 Å². The van der Waals surface area contributed by atoms with Crippen LogP contribution in [0.15, 0.2) is 16.8 Å². The number of likely N-dealkylation sites (N-methyl/N-ethyl adjacent to an activating group) is 1. The second-order valence-electron chi connectivity index (χ2n) is 3.29. The van der Waals surface area contributed by atoms with E-state index in [-0.39, 0.29) is 5.54 Å². The number of amidine groups is 1. The van der Waals surface area contributed by atoms with Crippen LogP contribution in [0.3, 0.4) is 0 Å². The van der Waals surface area contributed by atoms with Crippen molar-refractivity contribution in [2.24, 2.45) is 10.7 Å². The Balaban J connectivity index is 2.93. The largest absolute Gasteiger partial charge is 0.387 e. The van der Waals surface area contributed by atoms with E-state index in [0.717, 1.165) is 18.7 Å². The van der Waals surface area contributed by atoms with Crippen LogP contribution in [0.25, 0.3) is 0 Å². The van der Waals surface area contributed by atoms with Gasteiger partial charge >= 0.3 is 0 Å². The Hall–Kier alpha value is -0.830. The summed E-state index contributed by atoms with van der Waals surface area (Å²) in [5.41, 5.74) is 7.00. The van der Waals surface area contributed by atoms with Crippen LogP contribution in [0.4, 0.5) is 0 Å². The lowest BCUT2D eigenvalue weighted by atomic mass is 9.83. The Kier molecular flexibility index (Phi) is 2.52. The van der Waals surface area contributed by atoms with Crippen molar-refractivity contribution in [1.82, 2.24) is 5.32 Å². The van der Waals surface area contributed by atoms with Crippen molar-refractivity contribution < 1.29 is 0 Å². The van der Waals surface area contributed by atoms with Crippen LogP contribution >= 0.6 is 0 Å². The Morgan fingerprint density at radius 3 is 2.83 bits per heavy atom. The molecule has 68 valence electrons. The number of hydrogen-bond acceptors (Lipinski definition) is 3. The molecule has 1 aliphatic heterocycles. The number of hydrogen-bond donors (Lipinski definition) is 2. The van der Waals surface area contributed by atoms with E-state index < -0.39 is 0 Å². The number of nitrogens with one attached hydrogen (secondary N) is 1. The average Bonchev–Trinajstić information content (AvgIpc) is 2.09. The van der Waals surface area contributed by atoms with E-state index in [2.05, 4.69) is 24.2 Å². The number of rotatable bonds is 2. The predicted molar refractivity (Wildman–Crippen MR) is 52.1 cm³/mol. The van der Waals surface area contributed by atoms with Crippen LogP contribution in [-0.4, -0.2) is 18.4 Å². The van der Waals surface area contributed by atoms with Crippen LogP contribution in [-0.2, 0) is 0 Å². The normalized spacial score (nSPS) is 29.6. The summed E-state index contributed by atoms with van der Waals surface area (Å²) in [6.45, 7) is 4.25. The smallest absolute Gasteiger partial charge is 0.101 e. The van der Waals surface area contributed by atoms with Crippen molar-refractivity contribution >= 4 is 5.84 Å². The molecule has 3 nitrogen and oxygen atoms in total. The van der Waals surface area contributed by atoms with E-state index in [9.17, 15) is 0 Å². The van der Waals surface area contributed by atoms with Gasteiger partial charge in [0.2, 0.25) is 0 Å². The van der Waals surface area contributed by atoms with Gasteiger partial charge in [0.1, 0.15) is 5.84 Å². The third-order valence-electron chi connectivity index (χ3n) is 2.74. The molecule has 0 amide bonds. The molecule has 12 heavy (non-hydrogen) atoms. The van der Waals surface area contributed by atoms with Gasteiger partial charge in [-0.2, -0.15) is 0 Å². The summed E-state index contributed by atoms with van der Waals surface area (Å²) in [6, 6.07) is 0. The van der Waals surface area contributed by atoms with Gasteiger partial charge in [-0.15, -0.1) is 0 Å². The van der Waals surface area contributed by atoms with Crippen LogP contribution in [0, 0.1) is 0 Å². The maximum atomic E-state index is 5.69. The summed E-state index contributed by atoms with van der Waals surface area (Å²) < 4.78 is 0. The zero-order valence-corrected chi connectivity index (χ0v) is 8.02. The highest BCUT2D eigenvalue weighted by Gasteiger charge is 2.31. The molecule has 0 saturated carbocycles. The first-order chi connectivity index (χ1) is 5.64. The summed E-state index contributed by atoms with van der Waals surface area (Å²) in [5.74, 6) is 0.719. The fourth-order valence-corrected chi connectivity index (χ4v) is 1.66. The van der Waals surface area contributed by atoms with Crippen LogP contribution < -0.4 is 11.1 Å². The average molecular weight is 167 g/mol. The molecule has 3 heteroatoms. The molecule has 0 aromatic heterocycles. The van der Waals surface area contributed by atoms with Crippen molar-refractivity contribution in [2.75, 3.05) is 7.05 Å². The third-order valence-corrected chi connectivity index (χ3v) is 2.74. The first-order valence-electron chi connectivity index (χ1n) is 4.33. The van der Waals surface area contributed by atoms with Crippen molar-refractivity contribution in [3.05, 3.63) is 11.8 Å². The molecule has 0 saturated heterocycles. The highest BCUT2D eigenvalue weighted by Crippen LogP contribution is 2.27. The van der Waals surface area contributed by atoms with E-state index in [1.165, 1.54) is 5.57 Å². The molecule has 0 aromatic carbocycles. The zero-order chi connectivity index (χ0) is 9.19. The van der Waals surface area contributed by atoms with Gasteiger partial charge in [-0.1, -0.05) is 6.92 Å². The van der Waals surface area contributed by atoms with Crippen molar-refractivity contribution in [2.45, 2.75) is 32.2 Å². The second-order valence-corrected chi connectivity index (χ2v) is 3.29. The number of nitrogens with zero attached hydrogens (tertiary/aromatic N) is 1. The Bertz CT molecular complexity index is 224. The lowest BCUT2D eigenvalue weighted by molar-refractivity contribution is 0.405. The van der Waals surface area contributed by atoms with Gasteiger partial charge in [-0.3, -0.25) is 0 Å². The van der Waals surface area contributed by atoms with Gasteiger partial charge in [0.15, 0.2) is 0 Å². The maximum Gasteiger partial charge on any atom is 0.101 e. The van der Waals surface area contributed by atoms with E-state index in [0.29, 0.717) is 0 Å². The van der Waals surface area contributed by atoms with E-state index in [4.69, 9.17) is 5.73 Å². The molecule has 1 unspecified atom stereocenters. The Morgan fingerprint density at radius 2 is 2.42 bits per heavy atom. The fraction of sp³-hybridized carbons (Fsp3) is 0.667. The Morgan fingerprint density at radius 1 is 1.75 bits per heavy atom. The lowest BCUT2D eigenvalue weighted by Gasteiger charge is -2.35. The second kappa shape index (κ2) is 3.27. The van der Waals surface area contributed by atoms with E-state index in [1.807, 2.05) is 13.2 Å². The van der Waals surface area contributed by atoms with Crippen LogP contribution in [0.2, 0.25) is 0 Å². The molecule has 0 aliphatic carbocycles. The minimum atomic E-state index is 0.0475. The first kappa shape index (κ1) is 9.26. The summed E-state index contributed by atoms with van der Waals surface area (Å²) in [7, 11) is 1.97. The van der Waals surface area contributed by atoms with Crippen molar-refractivity contribution in [3.8, 4) is 0 Å². The molecule has 0 fully saturated rings. The molecule has 0 aromatic rings. The number of nitrogens with two attached hydrogens (primary N) is 1. The minimum Gasteiger partial charge on any atom is -0.387 e. The molecule has 1 aliphatic rings. The zero-order valence-electron chi connectivity index (χ0n) is 8.02. The molecule has 1 atom stereocenters. The van der Waals surface area contributed by atoms with Crippen LogP contribution in [0.1, 0.15) is 26.7 Å². The van der Waals surface area contributed by atoms with Crippen molar-refractivity contribution in [1.29, 1.82) is 0 Å². The molecule has 0 spiro atoms. The molecule has 0 radical (unpaired) electrons. The highest BCUT2D eigenvalue weighted by atomic mass is 15.0. The summed E-state index contributed by atoms with van der Waals surface area (Å²) in [4.78, 5) is 4.09. The monoisotopic (exact) mass is 167 g/mol. The van der Waals surface area contributed by atoms with E-state index in [1.54, 1.807) is 0 Å². The minimum absolute atomic E-state index is 0.0475. The predicted octanol–water partition coefficient (Wildman–Crippen LogP) is 1.02. The lowest BCUT2D eigenvalue weighted by Crippen LogP contribution is -2.48. The highest BCUT2D eigenvalue weighted by molar-refractivity contribution is 5.83. The standard InChI is InChI=1S/C9H17N3/c1-4-9(11-3)5-8(10)12-6-7(9)2/h6,11H,4-5H2,1-3H3,(H2,10,12). The van der Waals surface area contributed by atoms with Gasteiger partial charge < -0.3 is 11.1 Å². The summed E-state index contributed by atoms with van der Waals surface area (Å²) in [6.07, 6.45) is 3.73. The maximum absolute atomic E-state index is 5.69. The fourth-order valence-electron chi connectivity index (χ4n) is 1.66. The molecule has 1 heterocycles. The third kappa shape index (κ3) is 1.37. The van der Waals surface area contributed by atoms with Crippen molar-refractivity contribution in [3.63, 3.8) is 0 Å². The first-order valence-corrected chi connectivity index (χ1v) is 4.33. The van der Waals surface area contributed by atoms with Gasteiger partial charge in [0, 0.05) is 18.2 Å². The molecule has 0 bridgehead atoms. The number of aliphatic imine (C=N–C) groups is 1. The summed E-state index contributed by atoms with van der Waals surface area (Å²) in [5, 5.41) is 3.32. The SMILES string of the molecule is CCC1(NC)CC(N)=NC=C1C. The van der Waals surface area contributed by atoms with Gasteiger partial charge in [0.05, 0.1) is 0 Å². The molecular formula is C9H17N3. The molecule has 1 rings (SSSR count). The van der Waals surface area contributed by atoms with E-state index >= 15 is 0 Å². The van der Waals surface area contributed by atoms with Gasteiger partial charge in [-0.25, -0.2) is 4.99 Å². The molecular weight excluding hydrogens is 150 g/mol. The topological polar surface area (TPSA) is 50.4 Å². The molecule has 3 N–H and O–H groups in total. The quantitative estimate of drug-likeness (QED) is 0.645.